The summed E-state index contributed by atoms with van der Waals surface area (Å²) >= 11 is 0. The molecule has 0 radical (unpaired) electrons. The van der Waals surface area contributed by atoms with Gasteiger partial charge in [-0.05, 0) is 44.5 Å². The number of rotatable bonds is 10. The molecule has 6 N–H and O–H groups in total. The Labute approximate surface area is 178 Å². The van der Waals surface area contributed by atoms with E-state index in [1.165, 1.54) is 0 Å². The van der Waals surface area contributed by atoms with Crippen molar-refractivity contribution in [2.75, 3.05) is 37.9 Å². The molecule has 1 unspecified atom stereocenters. The highest BCUT2D eigenvalue weighted by molar-refractivity contribution is 5.81. The van der Waals surface area contributed by atoms with Crippen molar-refractivity contribution >= 4 is 23.2 Å². The van der Waals surface area contributed by atoms with Gasteiger partial charge in [-0.2, -0.15) is 0 Å². The number of likely N-dealkylation sites (N-methyl/N-ethyl adjacent to an activating group) is 1. The molecule has 2 rings (SSSR count). The van der Waals surface area contributed by atoms with Crippen LogP contribution >= 0.6 is 0 Å². The van der Waals surface area contributed by atoms with Gasteiger partial charge in [0.1, 0.15) is 11.9 Å². The van der Waals surface area contributed by atoms with Crippen LogP contribution in [0.5, 0.6) is 0 Å². The van der Waals surface area contributed by atoms with E-state index >= 15 is 0 Å². The minimum absolute atomic E-state index is 0.0316. The normalized spacial score (nSPS) is 12.9. The van der Waals surface area contributed by atoms with Crippen molar-refractivity contribution in [3.63, 3.8) is 0 Å². The molecular formula is C21H33N7O2. The second-order valence-corrected chi connectivity index (χ2v) is 7.30. The highest BCUT2D eigenvalue weighted by atomic mass is 16.3. The Morgan fingerprint density at radius 2 is 2.03 bits per heavy atom. The van der Waals surface area contributed by atoms with E-state index in [0.29, 0.717) is 30.9 Å². The maximum atomic E-state index is 11.9. The highest BCUT2D eigenvalue weighted by Crippen LogP contribution is 2.26. The molecule has 9 nitrogen and oxygen atoms in total. The van der Waals surface area contributed by atoms with E-state index in [1.54, 1.807) is 7.05 Å². The zero-order chi connectivity index (χ0) is 22.3. The van der Waals surface area contributed by atoms with Crippen molar-refractivity contribution in [2.45, 2.75) is 39.0 Å². The predicted octanol–water partition coefficient (Wildman–Crippen LogP) is 1.06. The fourth-order valence-corrected chi connectivity index (χ4v) is 2.93. The maximum Gasteiger partial charge on any atom is 0.236 e. The van der Waals surface area contributed by atoms with Gasteiger partial charge in [-0.1, -0.05) is 19.1 Å². The summed E-state index contributed by atoms with van der Waals surface area (Å²) in [6, 6.07) is 7.58. The van der Waals surface area contributed by atoms with Crippen LogP contribution in [0.1, 0.15) is 37.0 Å². The van der Waals surface area contributed by atoms with E-state index in [-0.39, 0.29) is 11.9 Å². The van der Waals surface area contributed by atoms with Crippen LogP contribution in [-0.4, -0.2) is 54.7 Å². The zero-order valence-electron chi connectivity index (χ0n) is 18.4. The van der Waals surface area contributed by atoms with Gasteiger partial charge in [0, 0.05) is 26.3 Å². The van der Waals surface area contributed by atoms with Crippen molar-refractivity contribution in [3.05, 3.63) is 41.2 Å². The number of nitrogens with zero attached hydrogens (tertiary/aromatic N) is 3. The number of aliphatic hydroxyl groups excluding tert-OH is 1. The van der Waals surface area contributed by atoms with Crippen molar-refractivity contribution in [3.8, 4) is 0 Å². The molecule has 0 saturated carbocycles. The standard InChI is InChI=1S/C21H33N7O2/c1-6-16-20(28(4)5)27-19(17(26-16)18(22)29)25-15-9-7-8-14(12-15)10-11-24-21(30)13(2)23-3/h7-9,12-13,18,23,29H,6,10-11,22H2,1-5H3,(H,24,30)(H,25,27)/t13-,18?/m0/s1. The topological polar surface area (TPSA) is 128 Å². The molecular weight excluding hydrogens is 382 g/mol. The second kappa shape index (κ2) is 10.9. The fraction of sp³-hybridized carbons (Fsp3) is 0.476. The summed E-state index contributed by atoms with van der Waals surface area (Å²) in [4.78, 5) is 22.9. The van der Waals surface area contributed by atoms with E-state index in [9.17, 15) is 9.90 Å². The first-order chi connectivity index (χ1) is 14.3. The van der Waals surface area contributed by atoms with Gasteiger partial charge in [0.05, 0.1) is 11.7 Å². The molecule has 1 aromatic heterocycles. The number of benzene rings is 1. The van der Waals surface area contributed by atoms with Gasteiger partial charge < -0.3 is 31.7 Å². The number of hydrogen-bond acceptors (Lipinski definition) is 8. The van der Waals surface area contributed by atoms with Gasteiger partial charge in [0.2, 0.25) is 5.91 Å². The average Bonchev–Trinajstić information content (AvgIpc) is 2.72. The van der Waals surface area contributed by atoms with Gasteiger partial charge in [-0.25, -0.2) is 9.97 Å². The van der Waals surface area contributed by atoms with E-state index in [4.69, 9.17) is 5.73 Å². The minimum Gasteiger partial charge on any atom is -0.373 e. The number of aliphatic hydroxyl groups is 1. The third-order valence-corrected chi connectivity index (χ3v) is 4.74. The van der Waals surface area contributed by atoms with Crippen molar-refractivity contribution in [2.24, 2.45) is 5.73 Å². The molecule has 0 saturated heterocycles. The van der Waals surface area contributed by atoms with Crippen LogP contribution in [0.4, 0.5) is 17.3 Å². The number of aromatic nitrogens is 2. The van der Waals surface area contributed by atoms with Gasteiger partial charge in [0.15, 0.2) is 11.6 Å². The Kier molecular flexibility index (Phi) is 8.52. The number of amides is 1. The lowest BCUT2D eigenvalue weighted by atomic mass is 10.1. The number of anilines is 3. The SMILES string of the molecule is CCc1nc(C(N)O)c(Nc2cccc(CCNC(=O)[C@H](C)NC)c2)nc1N(C)C. The van der Waals surface area contributed by atoms with Crippen LogP contribution in [-0.2, 0) is 17.6 Å². The maximum absolute atomic E-state index is 11.9. The van der Waals surface area contributed by atoms with Crippen LogP contribution in [0.2, 0.25) is 0 Å². The molecule has 30 heavy (non-hydrogen) atoms. The Hall–Kier alpha value is -2.75. The third kappa shape index (κ3) is 6.12. The molecule has 0 fully saturated rings. The Bertz CT molecular complexity index is 855. The molecule has 2 aromatic rings. The molecule has 0 aliphatic heterocycles. The summed E-state index contributed by atoms with van der Waals surface area (Å²) in [6.07, 6.45) is 0.121. The molecule has 1 amide bonds. The number of nitrogens with two attached hydrogens (primary N) is 1. The lowest BCUT2D eigenvalue weighted by Gasteiger charge is -2.20. The van der Waals surface area contributed by atoms with E-state index in [1.807, 2.05) is 57.1 Å². The van der Waals surface area contributed by atoms with Gasteiger partial charge in [-0.3, -0.25) is 4.79 Å². The minimum atomic E-state index is -1.24. The number of carbonyl (C=O) groups is 1. The fourth-order valence-electron chi connectivity index (χ4n) is 2.93. The average molecular weight is 416 g/mol. The van der Waals surface area contributed by atoms with Crippen LogP contribution in [0.3, 0.4) is 0 Å². The first-order valence-corrected chi connectivity index (χ1v) is 10.1. The lowest BCUT2D eigenvalue weighted by molar-refractivity contribution is -0.122. The largest absolute Gasteiger partial charge is 0.373 e. The number of hydrogen-bond donors (Lipinski definition) is 5. The quantitative estimate of drug-likeness (QED) is 0.365. The Morgan fingerprint density at radius 3 is 2.63 bits per heavy atom. The van der Waals surface area contributed by atoms with Crippen molar-refractivity contribution in [1.29, 1.82) is 0 Å². The lowest BCUT2D eigenvalue weighted by Crippen LogP contribution is -2.41. The van der Waals surface area contributed by atoms with E-state index in [0.717, 1.165) is 22.8 Å². The molecule has 0 bridgehead atoms. The molecule has 1 aromatic carbocycles. The first kappa shape index (κ1) is 23.5. The van der Waals surface area contributed by atoms with E-state index in [2.05, 4.69) is 25.9 Å². The smallest absolute Gasteiger partial charge is 0.236 e. The van der Waals surface area contributed by atoms with Gasteiger partial charge >= 0.3 is 0 Å². The highest BCUT2D eigenvalue weighted by Gasteiger charge is 2.18. The van der Waals surface area contributed by atoms with Crippen LogP contribution in [0.25, 0.3) is 0 Å². The summed E-state index contributed by atoms with van der Waals surface area (Å²) in [7, 11) is 5.55. The number of carbonyl (C=O) groups excluding carboxylic acids is 1. The molecule has 0 aliphatic rings. The van der Waals surface area contributed by atoms with Gasteiger partial charge in [0.25, 0.3) is 0 Å². The van der Waals surface area contributed by atoms with Crippen LogP contribution in [0, 0.1) is 0 Å². The predicted molar refractivity (Wildman–Crippen MR) is 120 cm³/mol. The van der Waals surface area contributed by atoms with Crippen LogP contribution < -0.4 is 26.6 Å². The van der Waals surface area contributed by atoms with Crippen molar-refractivity contribution in [1.82, 2.24) is 20.6 Å². The molecule has 1 heterocycles. The summed E-state index contributed by atoms with van der Waals surface area (Å²) in [5.74, 6) is 1.11. The van der Waals surface area contributed by atoms with Crippen LogP contribution in [0.15, 0.2) is 24.3 Å². The molecule has 9 heteroatoms. The van der Waals surface area contributed by atoms with Crippen molar-refractivity contribution < 1.29 is 9.90 Å². The summed E-state index contributed by atoms with van der Waals surface area (Å²) in [5.41, 5.74) is 8.66. The summed E-state index contributed by atoms with van der Waals surface area (Å²) < 4.78 is 0. The zero-order valence-corrected chi connectivity index (χ0v) is 18.4. The second-order valence-electron chi connectivity index (χ2n) is 7.30. The number of aryl methyl sites for hydroxylation is 1. The van der Waals surface area contributed by atoms with E-state index < -0.39 is 6.23 Å². The monoisotopic (exact) mass is 415 g/mol. The Morgan fingerprint density at radius 1 is 1.30 bits per heavy atom. The number of nitrogens with one attached hydrogen (secondary N) is 3. The molecule has 164 valence electrons. The third-order valence-electron chi connectivity index (χ3n) is 4.74. The summed E-state index contributed by atoms with van der Waals surface area (Å²) in [6.45, 7) is 4.34. The first-order valence-electron chi connectivity index (χ1n) is 10.1. The molecule has 2 atom stereocenters. The molecule has 0 aliphatic carbocycles. The Balaban J connectivity index is 2.19. The summed E-state index contributed by atoms with van der Waals surface area (Å²) in [5, 5.41) is 19.0. The molecule has 0 spiro atoms. The van der Waals surface area contributed by atoms with Gasteiger partial charge in [-0.15, -0.1) is 0 Å².